The first-order valence-electron chi connectivity index (χ1n) is 4.80. The molecule has 0 spiro atoms. The van der Waals surface area contributed by atoms with E-state index in [1.807, 2.05) is 0 Å². The van der Waals surface area contributed by atoms with Gasteiger partial charge < -0.3 is 9.90 Å². The Morgan fingerprint density at radius 2 is 2.00 bits per heavy atom. The highest BCUT2D eigenvalue weighted by atomic mass is 19.4. The summed E-state index contributed by atoms with van der Waals surface area (Å²) >= 11 is 0. The number of hydrogen-bond donors (Lipinski definition) is 1. The molecule has 17 heavy (non-hydrogen) atoms. The van der Waals surface area contributed by atoms with Gasteiger partial charge in [0.15, 0.2) is 0 Å². The summed E-state index contributed by atoms with van der Waals surface area (Å²) in [6.45, 7) is 4.25. The number of carbonyl (C=O) groups excluding carboxylic acids is 1. The average molecular weight is 250 g/mol. The highest BCUT2D eigenvalue weighted by Gasteiger charge is 2.44. The van der Waals surface area contributed by atoms with Crippen LogP contribution in [0.1, 0.15) is 13.3 Å². The van der Waals surface area contributed by atoms with Crippen LogP contribution in [-0.4, -0.2) is 23.5 Å². The Kier molecular flexibility index (Phi) is 5.64. The Bertz CT molecular complexity index is 331. The fourth-order valence-electron chi connectivity index (χ4n) is 1.22. The van der Waals surface area contributed by atoms with E-state index in [9.17, 15) is 22.8 Å². The van der Waals surface area contributed by atoms with Crippen LogP contribution in [0.3, 0.4) is 0 Å². The molecule has 0 bridgehead atoms. The molecule has 3 nitrogen and oxygen atoms in total. The summed E-state index contributed by atoms with van der Waals surface area (Å²) in [4.78, 5) is 20.8. The van der Waals surface area contributed by atoms with Crippen molar-refractivity contribution in [2.24, 2.45) is 11.8 Å². The summed E-state index contributed by atoms with van der Waals surface area (Å²) in [7, 11) is 0. The topological polar surface area (TPSA) is 54.4 Å². The minimum Gasteiger partial charge on any atom is -0.481 e. The van der Waals surface area contributed by atoms with Crippen molar-refractivity contribution in [3.8, 4) is 0 Å². The van der Waals surface area contributed by atoms with E-state index in [4.69, 9.17) is 5.11 Å². The molecule has 0 aromatic rings. The van der Waals surface area contributed by atoms with Gasteiger partial charge in [-0.05, 0) is 5.57 Å². The second-order valence-corrected chi connectivity index (χ2v) is 3.51. The number of hydrogen-bond acceptors (Lipinski definition) is 2. The molecule has 0 heterocycles. The third-order valence-corrected chi connectivity index (χ3v) is 2.28. The van der Waals surface area contributed by atoms with Crippen LogP contribution >= 0.6 is 0 Å². The molecule has 0 aliphatic rings. The molecule has 0 aliphatic carbocycles. The Hall–Kier alpha value is -1.59. The third-order valence-electron chi connectivity index (χ3n) is 2.28. The van der Waals surface area contributed by atoms with Crippen LogP contribution in [-0.2, 0) is 9.59 Å². The Morgan fingerprint density at radius 3 is 2.29 bits per heavy atom. The largest absolute Gasteiger partial charge is 0.481 e. The molecule has 2 atom stereocenters. The second kappa shape index (κ2) is 6.22. The van der Waals surface area contributed by atoms with Gasteiger partial charge in [0, 0.05) is 6.42 Å². The van der Waals surface area contributed by atoms with E-state index < -0.39 is 24.0 Å². The van der Waals surface area contributed by atoms with Crippen LogP contribution in [0, 0.1) is 11.8 Å². The lowest BCUT2D eigenvalue weighted by molar-refractivity contribution is -0.182. The summed E-state index contributed by atoms with van der Waals surface area (Å²) in [6.07, 6.45) is -2.61. The van der Waals surface area contributed by atoms with Crippen LogP contribution < -0.4 is 0 Å². The van der Waals surface area contributed by atoms with Crippen molar-refractivity contribution < 1.29 is 27.9 Å². The number of aliphatic carboxylic acids is 1. The Morgan fingerprint density at radius 1 is 1.47 bits per heavy atom. The zero-order valence-electron chi connectivity index (χ0n) is 9.20. The number of rotatable bonds is 6. The van der Waals surface area contributed by atoms with Gasteiger partial charge in [-0.2, -0.15) is 13.2 Å². The quantitative estimate of drug-likeness (QED) is 0.582. The third kappa shape index (κ3) is 4.84. The highest BCUT2D eigenvalue weighted by Crippen LogP contribution is 2.34. The highest BCUT2D eigenvalue weighted by molar-refractivity contribution is 5.70. The number of carboxylic acids is 1. The first-order valence-corrected chi connectivity index (χ1v) is 4.80. The number of carboxylic acid groups (broad SMARTS) is 1. The summed E-state index contributed by atoms with van der Waals surface area (Å²) in [5.74, 6) is -5.29. The molecule has 0 amide bonds. The molecule has 0 saturated heterocycles. The van der Waals surface area contributed by atoms with E-state index in [2.05, 4.69) is 6.58 Å². The van der Waals surface area contributed by atoms with Crippen molar-refractivity contribution in [1.82, 2.24) is 0 Å². The van der Waals surface area contributed by atoms with Gasteiger partial charge in [-0.1, -0.05) is 25.7 Å². The lowest BCUT2D eigenvalue weighted by Crippen LogP contribution is -2.32. The van der Waals surface area contributed by atoms with E-state index in [0.29, 0.717) is 6.29 Å². The van der Waals surface area contributed by atoms with Gasteiger partial charge in [0.25, 0.3) is 0 Å². The molecular formula is C11H13F3O3. The van der Waals surface area contributed by atoms with E-state index in [1.165, 1.54) is 0 Å². The normalized spacial score (nSPS) is 16.1. The van der Waals surface area contributed by atoms with Crippen molar-refractivity contribution in [3.05, 3.63) is 24.3 Å². The molecule has 0 aromatic heterocycles. The molecule has 2 unspecified atom stereocenters. The predicted octanol–water partition coefficient (Wildman–Crippen LogP) is 2.59. The minimum absolute atomic E-state index is 0.0652. The fourth-order valence-corrected chi connectivity index (χ4v) is 1.22. The van der Waals surface area contributed by atoms with Crippen molar-refractivity contribution >= 4 is 12.3 Å². The van der Waals surface area contributed by atoms with Crippen LogP contribution in [0.15, 0.2) is 24.3 Å². The molecule has 6 heteroatoms. The van der Waals surface area contributed by atoms with Gasteiger partial charge in [0.1, 0.15) is 6.29 Å². The van der Waals surface area contributed by atoms with Gasteiger partial charge in [-0.15, -0.1) is 0 Å². The number of aldehydes is 1. The zero-order chi connectivity index (χ0) is 13.6. The lowest BCUT2D eigenvalue weighted by atomic mass is 9.90. The van der Waals surface area contributed by atoms with Crippen LogP contribution in [0.4, 0.5) is 13.2 Å². The van der Waals surface area contributed by atoms with E-state index in [-0.39, 0.29) is 12.0 Å². The molecular weight excluding hydrogens is 237 g/mol. The maximum Gasteiger partial charge on any atom is 0.396 e. The van der Waals surface area contributed by atoms with Gasteiger partial charge in [0.2, 0.25) is 0 Å². The number of alkyl halides is 3. The lowest BCUT2D eigenvalue weighted by Gasteiger charge is -2.21. The Balaban J connectivity index is 5.26. The first kappa shape index (κ1) is 15.4. The van der Waals surface area contributed by atoms with E-state index in [1.54, 1.807) is 0 Å². The van der Waals surface area contributed by atoms with Crippen LogP contribution in [0.25, 0.3) is 0 Å². The summed E-state index contributed by atoms with van der Waals surface area (Å²) in [6, 6.07) is 0. The van der Waals surface area contributed by atoms with Crippen molar-refractivity contribution in [3.63, 3.8) is 0 Å². The predicted molar refractivity (Wildman–Crippen MR) is 55.3 cm³/mol. The standard InChI is InChI=1S/C11H13F3O3/c1-3-8(4-5-15)6-9(11(12,13)14)7(2)10(16)17/h3,5-7,9H,1,4H2,2H3,(H,16,17)/b8-6+. The molecule has 0 saturated carbocycles. The Labute approximate surface area is 96.6 Å². The molecule has 0 aromatic carbocycles. The van der Waals surface area contributed by atoms with Gasteiger partial charge in [0.05, 0.1) is 11.8 Å². The van der Waals surface area contributed by atoms with E-state index in [0.717, 1.165) is 19.1 Å². The summed E-state index contributed by atoms with van der Waals surface area (Å²) in [5.41, 5.74) is 0.0652. The van der Waals surface area contributed by atoms with Gasteiger partial charge in [-0.3, -0.25) is 4.79 Å². The molecule has 1 N–H and O–H groups in total. The number of carbonyl (C=O) groups is 2. The van der Waals surface area contributed by atoms with Crippen molar-refractivity contribution in [2.75, 3.05) is 0 Å². The van der Waals surface area contributed by atoms with Gasteiger partial charge in [-0.25, -0.2) is 0 Å². The minimum atomic E-state index is -4.67. The second-order valence-electron chi connectivity index (χ2n) is 3.51. The average Bonchev–Trinajstić information content (AvgIpc) is 2.21. The van der Waals surface area contributed by atoms with Crippen LogP contribution in [0.2, 0.25) is 0 Å². The van der Waals surface area contributed by atoms with Crippen LogP contribution in [0.5, 0.6) is 0 Å². The zero-order valence-corrected chi connectivity index (χ0v) is 9.20. The van der Waals surface area contributed by atoms with E-state index >= 15 is 0 Å². The molecule has 0 fully saturated rings. The maximum absolute atomic E-state index is 12.6. The SMILES string of the molecule is C=C/C(=C\C(C(C)C(=O)O)C(F)(F)F)CC=O. The summed E-state index contributed by atoms with van der Waals surface area (Å²) < 4.78 is 37.9. The molecule has 96 valence electrons. The molecule has 0 rings (SSSR count). The first-order chi connectivity index (χ1) is 7.73. The molecule has 0 radical (unpaired) electrons. The smallest absolute Gasteiger partial charge is 0.396 e. The van der Waals surface area contributed by atoms with Crippen molar-refractivity contribution in [1.29, 1.82) is 0 Å². The van der Waals surface area contributed by atoms with Gasteiger partial charge >= 0.3 is 12.1 Å². The number of halogens is 3. The van der Waals surface area contributed by atoms with Crippen molar-refractivity contribution in [2.45, 2.75) is 19.5 Å². The summed E-state index contributed by atoms with van der Waals surface area (Å²) in [5, 5.41) is 8.61. The fraction of sp³-hybridized carbons (Fsp3) is 0.455. The molecule has 0 aliphatic heterocycles. The monoisotopic (exact) mass is 250 g/mol. The number of allylic oxidation sites excluding steroid dienone is 3. The maximum atomic E-state index is 12.6.